The molecule has 1 aromatic heterocycles. The molecule has 1 aliphatic heterocycles. The van der Waals surface area contributed by atoms with Crippen LogP contribution in [0.5, 0.6) is 0 Å². The highest BCUT2D eigenvalue weighted by Crippen LogP contribution is 2.27. The monoisotopic (exact) mass is 339 g/mol. The Morgan fingerprint density at radius 2 is 1.96 bits per heavy atom. The van der Waals surface area contributed by atoms with Gasteiger partial charge in [0.1, 0.15) is 5.82 Å². The molecule has 0 saturated heterocycles. The molecule has 0 unspecified atom stereocenters. The fraction of sp³-hybridized carbons (Fsp3) is 0.333. The van der Waals surface area contributed by atoms with Gasteiger partial charge in [-0.15, -0.1) is 0 Å². The number of anilines is 1. The number of benzene rings is 1. The van der Waals surface area contributed by atoms with E-state index in [0.29, 0.717) is 24.5 Å². The average molecular weight is 339 g/mol. The highest BCUT2D eigenvalue weighted by Gasteiger charge is 2.24. The molecule has 1 aliphatic rings. The van der Waals surface area contributed by atoms with E-state index in [9.17, 15) is 17.2 Å². The number of sulfone groups is 1. The second kappa shape index (κ2) is 5.52. The molecule has 0 fully saturated rings. The lowest BCUT2D eigenvalue weighted by atomic mass is 9.99. The fourth-order valence-electron chi connectivity index (χ4n) is 2.61. The van der Waals surface area contributed by atoms with Crippen molar-refractivity contribution in [2.24, 2.45) is 0 Å². The zero-order valence-electron chi connectivity index (χ0n) is 12.7. The van der Waals surface area contributed by atoms with E-state index in [2.05, 4.69) is 9.97 Å². The normalized spacial score (nSPS) is 14.7. The molecule has 0 amide bonds. The van der Waals surface area contributed by atoms with Gasteiger partial charge in [0, 0.05) is 36.7 Å². The Balaban J connectivity index is 2.01. The lowest BCUT2D eigenvalue weighted by molar-refractivity contribution is 0.490. The van der Waals surface area contributed by atoms with Gasteiger partial charge in [0.2, 0.25) is 15.0 Å². The van der Waals surface area contributed by atoms with Crippen molar-refractivity contribution >= 4 is 15.7 Å². The van der Waals surface area contributed by atoms with Crippen LogP contribution in [-0.4, -0.2) is 31.2 Å². The van der Waals surface area contributed by atoms with E-state index in [4.69, 9.17) is 0 Å². The predicted octanol–water partition coefficient (Wildman–Crippen LogP) is 2.03. The minimum atomic E-state index is -3.54. The number of rotatable bonds is 2. The van der Waals surface area contributed by atoms with Crippen LogP contribution in [0.1, 0.15) is 16.8 Å². The van der Waals surface area contributed by atoms with Gasteiger partial charge in [-0.2, -0.15) is 0 Å². The second-order valence-electron chi connectivity index (χ2n) is 5.59. The number of aromatic nitrogens is 2. The van der Waals surface area contributed by atoms with Crippen molar-refractivity contribution in [2.45, 2.75) is 25.0 Å². The number of nitrogens with zero attached hydrogens (tertiary/aromatic N) is 3. The standard InChI is InChI=1S/C15H15F2N3O2S/c1-9-7-13(19-15(18-9)23(2,21)22)20-6-5-10-3-4-12(16)14(17)11(10)8-20/h3-4,7H,5-6,8H2,1-2H3. The Bertz CT molecular complexity index is 885. The first-order valence-corrected chi connectivity index (χ1v) is 8.91. The van der Waals surface area contributed by atoms with E-state index >= 15 is 0 Å². The number of aryl methyl sites for hydroxylation is 1. The Morgan fingerprint density at radius 3 is 2.65 bits per heavy atom. The van der Waals surface area contributed by atoms with Crippen molar-refractivity contribution in [2.75, 3.05) is 17.7 Å². The number of fused-ring (bicyclic) bond motifs is 1. The van der Waals surface area contributed by atoms with Gasteiger partial charge in [-0.05, 0) is 25.0 Å². The molecule has 1 aromatic carbocycles. The van der Waals surface area contributed by atoms with Crippen LogP contribution in [0.25, 0.3) is 0 Å². The van der Waals surface area contributed by atoms with Gasteiger partial charge >= 0.3 is 0 Å². The largest absolute Gasteiger partial charge is 0.352 e. The van der Waals surface area contributed by atoms with E-state index in [1.165, 1.54) is 0 Å². The highest BCUT2D eigenvalue weighted by atomic mass is 32.2. The molecule has 3 rings (SSSR count). The number of halogens is 2. The van der Waals surface area contributed by atoms with Crippen LogP contribution in [0.3, 0.4) is 0 Å². The summed E-state index contributed by atoms with van der Waals surface area (Å²) in [5.41, 5.74) is 1.55. The molecule has 8 heteroatoms. The van der Waals surface area contributed by atoms with Crippen molar-refractivity contribution in [1.29, 1.82) is 0 Å². The topological polar surface area (TPSA) is 63.2 Å². The molecule has 0 aliphatic carbocycles. The highest BCUT2D eigenvalue weighted by molar-refractivity contribution is 7.90. The second-order valence-corrected chi connectivity index (χ2v) is 7.50. The third-order valence-electron chi connectivity index (χ3n) is 3.77. The molecular formula is C15H15F2N3O2S. The Morgan fingerprint density at radius 1 is 1.22 bits per heavy atom. The molecule has 0 radical (unpaired) electrons. The van der Waals surface area contributed by atoms with Crippen molar-refractivity contribution in [3.8, 4) is 0 Å². The van der Waals surface area contributed by atoms with Crippen molar-refractivity contribution < 1.29 is 17.2 Å². The lowest BCUT2D eigenvalue weighted by Crippen LogP contribution is -2.32. The molecule has 23 heavy (non-hydrogen) atoms. The van der Waals surface area contributed by atoms with Gasteiger partial charge in [0.15, 0.2) is 11.6 Å². The molecule has 0 saturated carbocycles. The summed E-state index contributed by atoms with van der Waals surface area (Å²) in [7, 11) is -3.54. The van der Waals surface area contributed by atoms with Crippen LogP contribution in [0, 0.1) is 18.6 Å². The van der Waals surface area contributed by atoms with Crippen LogP contribution >= 0.6 is 0 Å². The van der Waals surface area contributed by atoms with Gasteiger partial charge in [-0.3, -0.25) is 0 Å². The Hall–Kier alpha value is -2.09. The summed E-state index contributed by atoms with van der Waals surface area (Å²) in [6.07, 6.45) is 1.57. The van der Waals surface area contributed by atoms with Gasteiger partial charge in [-0.1, -0.05) is 6.07 Å². The Labute approximate surface area is 132 Å². The molecule has 0 atom stereocenters. The van der Waals surface area contributed by atoms with E-state index < -0.39 is 21.5 Å². The fourth-order valence-corrected chi connectivity index (χ4v) is 3.18. The van der Waals surface area contributed by atoms with Crippen LogP contribution in [0.4, 0.5) is 14.6 Å². The first kappa shape index (κ1) is 15.8. The number of hydrogen-bond donors (Lipinski definition) is 0. The molecule has 122 valence electrons. The quantitative estimate of drug-likeness (QED) is 0.784. The zero-order valence-corrected chi connectivity index (χ0v) is 13.5. The summed E-state index contributed by atoms with van der Waals surface area (Å²) in [6, 6.07) is 4.34. The predicted molar refractivity (Wildman–Crippen MR) is 81.0 cm³/mol. The lowest BCUT2D eigenvalue weighted by Gasteiger charge is -2.30. The van der Waals surface area contributed by atoms with Crippen molar-refractivity contribution in [3.63, 3.8) is 0 Å². The molecule has 0 N–H and O–H groups in total. The summed E-state index contributed by atoms with van der Waals surface area (Å²) in [6.45, 7) is 2.34. The van der Waals surface area contributed by atoms with Crippen molar-refractivity contribution in [1.82, 2.24) is 9.97 Å². The third-order valence-corrected chi connectivity index (χ3v) is 4.61. The van der Waals surface area contributed by atoms with Crippen LogP contribution in [-0.2, 0) is 22.8 Å². The first-order valence-electron chi connectivity index (χ1n) is 7.02. The molecule has 2 aromatic rings. The Kier molecular flexibility index (Phi) is 3.79. The summed E-state index contributed by atoms with van der Waals surface area (Å²) in [4.78, 5) is 9.71. The zero-order chi connectivity index (χ0) is 16.8. The van der Waals surface area contributed by atoms with Crippen LogP contribution < -0.4 is 4.90 Å². The van der Waals surface area contributed by atoms with Gasteiger partial charge < -0.3 is 4.90 Å². The molecule has 0 spiro atoms. The molecule has 5 nitrogen and oxygen atoms in total. The smallest absolute Gasteiger partial charge is 0.248 e. The maximum Gasteiger partial charge on any atom is 0.248 e. The molecular weight excluding hydrogens is 324 g/mol. The average Bonchev–Trinajstić information content (AvgIpc) is 2.49. The van der Waals surface area contributed by atoms with E-state index in [0.717, 1.165) is 17.9 Å². The minimum Gasteiger partial charge on any atom is -0.352 e. The summed E-state index contributed by atoms with van der Waals surface area (Å²) < 4.78 is 50.7. The van der Waals surface area contributed by atoms with E-state index in [-0.39, 0.29) is 17.3 Å². The summed E-state index contributed by atoms with van der Waals surface area (Å²) >= 11 is 0. The van der Waals surface area contributed by atoms with Crippen LogP contribution in [0.2, 0.25) is 0 Å². The SMILES string of the molecule is Cc1cc(N2CCc3ccc(F)c(F)c3C2)nc(S(C)(=O)=O)n1. The molecule has 2 heterocycles. The van der Waals surface area contributed by atoms with Gasteiger partial charge in [0.25, 0.3) is 0 Å². The van der Waals surface area contributed by atoms with Gasteiger partial charge in [0.05, 0.1) is 0 Å². The maximum absolute atomic E-state index is 14.0. The maximum atomic E-state index is 14.0. The van der Waals surface area contributed by atoms with Crippen LogP contribution in [0.15, 0.2) is 23.4 Å². The van der Waals surface area contributed by atoms with E-state index in [1.54, 1.807) is 24.0 Å². The number of hydrogen-bond acceptors (Lipinski definition) is 5. The summed E-state index contributed by atoms with van der Waals surface area (Å²) in [5, 5.41) is -0.266. The van der Waals surface area contributed by atoms with E-state index in [1.807, 2.05) is 0 Å². The third kappa shape index (κ3) is 3.03. The summed E-state index contributed by atoms with van der Waals surface area (Å²) in [5.74, 6) is -1.35. The minimum absolute atomic E-state index is 0.137. The molecule has 0 bridgehead atoms. The first-order chi connectivity index (χ1) is 10.8. The van der Waals surface area contributed by atoms with Crippen molar-refractivity contribution in [3.05, 3.63) is 46.7 Å². The van der Waals surface area contributed by atoms with Gasteiger partial charge in [-0.25, -0.2) is 27.2 Å².